The molecule has 36 heavy (non-hydrogen) atoms. The Morgan fingerprint density at radius 1 is 1.06 bits per heavy atom. The normalized spacial score (nSPS) is 13.2. The Bertz CT molecular complexity index is 1380. The molecule has 0 atom stereocenters. The van der Waals surface area contributed by atoms with Gasteiger partial charge in [0.2, 0.25) is 0 Å². The van der Waals surface area contributed by atoms with Crippen LogP contribution in [-0.2, 0) is 6.42 Å². The zero-order chi connectivity index (χ0) is 24.9. The number of hydrogen-bond donors (Lipinski definition) is 2. The number of aromatic nitrogens is 2. The Balaban J connectivity index is 1.33. The average molecular weight is 484 g/mol. The number of fused-ring (bicyclic) bond motifs is 1. The number of hydrogen-bond acceptors (Lipinski definition) is 6. The third kappa shape index (κ3) is 5.10. The van der Waals surface area contributed by atoms with Crippen LogP contribution in [0.15, 0.2) is 67.0 Å². The van der Waals surface area contributed by atoms with Gasteiger partial charge in [-0.15, -0.1) is 0 Å². The van der Waals surface area contributed by atoms with E-state index in [1.165, 1.54) is 22.7 Å². The molecule has 2 N–H and O–H groups in total. The van der Waals surface area contributed by atoms with Crippen molar-refractivity contribution >= 4 is 22.6 Å². The standard InChI is InChI=1S/C29H29N3O4/c1-2-35-26-13-11-19-6-3-4-9-22(19)23(26)14-15-30-28-17-25(31-18-32-28)20-10-12-24(29(33)34)27(16-20)36-21-7-5-8-21/h3-4,6,9-13,16-18,21H,2,5,7-8,14-15H2,1H3,(H,33,34)(H,30,31,32). The van der Waals surface area contributed by atoms with Gasteiger partial charge in [0.1, 0.15) is 29.2 Å². The van der Waals surface area contributed by atoms with Crippen LogP contribution in [0.2, 0.25) is 0 Å². The first kappa shape index (κ1) is 23.6. The molecule has 3 aromatic carbocycles. The molecule has 0 spiro atoms. The number of rotatable bonds is 10. The van der Waals surface area contributed by atoms with Gasteiger partial charge in [0.15, 0.2) is 0 Å². The van der Waals surface area contributed by atoms with Crippen LogP contribution >= 0.6 is 0 Å². The van der Waals surface area contributed by atoms with Crippen LogP contribution in [0.25, 0.3) is 22.0 Å². The van der Waals surface area contributed by atoms with Gasteiger partial charge in [-0.05, 0) is 61.6 Å². The molecule has 0 amide bonds. The molecule has 1 aliphatic rings. The van der Waals surface area contributed by atoms with E-state index in [1.807, 2.05) is 31.2 Å². The van der Waals surface area contributed by atoms with Crippen molar-refractivity contribution < 1.29 is 19.4 Å². The van der Waals surface area contributed by atoms with Gasteiger partial charge in [-0.25, -0.2) is 14.8 Å². The van der Waals surface area contributed by atoms with Gasteiger partial charge in [0, 0.05) is 23.7 Å². The van der Waals surface area contributed by atoms with Crippen molar-refractivity contribution in [1.29, 1.82) is 0 Å². The van der Waals surface area contributed by atoms with Gasteiger partial charge in [0.05, 0.1) is 18.4 Å². The number of nitrogens with zero attached hydrogens (tertiary/aromatic N) is 2. The first-order valence-electron chi connectivity index (χ1n) is 12.4. The van der Waals surface area contributed by atoms with Crippen molar-refractivity contribution in [2.45, 2.75) is 38.7 Å². The van der Waals surface area contributed by atoms with Gasteiger partial charge in [-0.3, -0.25) is 0 Å². The van der Waals surface area contributed by atoms with E-state index in [9.17, 15) is 9.90 Å². The van der Waals surface area contributed by atoms with Crippen LogP contribution in [0.3, 0.4) is 0 Å². The minimum Gasteiger partial charge on any atom is -0.494 e. The molecule has 1 fully saturated rings. The second-order valence-corrected chi connectivity index (χ2v) is 8.85. The molecule has 0 bridgehead atoms. The fourth-order valence-corrected chi connectivity index (χ4v) is 4.42. The zero-order valence-electron chi connectivity index (χ0n) is 20.2. The maximum absolute atomic E-state index is 11.7. The van der Waals surface area contributed by atoms with Gasteiger partial charge < -0.3 is 19.9 Å². The van der Waals surface area contributed by atoms with Crippen molar-refractivity contribution in [1.82, 2.24) is 9.97 Å². The molecule has 1 aliphatic carbocycles. The molecule has 7 heteroatoms. The summed E-state index contributed by atoms with van der Waals surface area (Å²) in [5.74, 6) is 0.985. The molecule has 0 unspecified atom stereocenters. The van der Waals surface area contributed by atoms with E-state index >= 15 is 0 Å². The summed E-state index contributed by atoms with van der Waals surface area (Å²) >= 11 is 0. The maximum Gasteiger partial charge on any atom is 0.339 e. The molecule has 0 aliphatic heterocycles. The highest BCUT2D eigenvalue weighted by Gasteiger charge is 2.22. The number of carbonyl (C=O) groups is 1. The topological polar surface area (TPSA) is 93.6 Å². The fraction of sp³-hybridized carbons (Fsp3) is 0.276. The zero-order valence-corrected chi connectivity index (χ0v) is 20.2. The monoisotopic (exact) mass is 483 g/mol. The lowest BCUT2D eigenvalue weighted by Gasteiger charge is -2.27. The van der Waals surface area contributed by atoms with Crippen molar-refractivity contribution in [3.63, 3.8) is 0 Å². The molecule has 5 rings (SSSR count). The third-order valence-corrected chi connectivity index (χ3v) is 6.50. The van der Waals surface area contributed by atoms with Crippen molar-refractivity contribution in [3.05, 3.63) is 78.1 Å². The SMILES string of the molecule is CCOc1ccc2ccccc2c1CCNc1cc(-c2ccc(C(=O)O)c(OC3CCC3)c2)ncn1. The molecule has 0 radical (unpaired) electrons. The number of aromatic carboxylic acids is 1. The number of anilines is 1. The Kier molecular flexibility index (Phi) is 6.98. The second-order valence-electron chi connectivity index (χ2n) is 8.85. The largest absolute Gasteiger partial charge is 0.494 e. The van der Waals surface area contributed by atoms with E-state index in [1.54, 1.807) is 18.2 Å². The second kappa shape index (κ2) is 10.6. The maximum atomic E-state index is 11.7. The van der Waals surface area contributed by atoms with Crippen molar-refractivity contribution in [3.8, 4) is 22.8 Å². The van der Waals surface area contributed by atoms with E-state index in [0.29, 0.717) is 30.4 Å². The lowest BCUT2D eigenvalue weighted by molar-refractivity contribution is 0.0680. The highest BCUT2D eigenvalue weighted by atomic mass is 16.5. The van der Waals surface area contributed by atoms with E-state index < -0.39 is 5.97 Å². The number of nitrogens with one attached hydrogen (secondary N) is 1. The molecule has 1 heterocycles. The van der Waals surface area contributed by atoms with Crippen molar-refractivity contribution in [2.75, 3.05) is 18.5 Å². The van der Waals surface area contributed by atoms with Crippen LogP contribution in [0, 0.1) is 0 Å². The highest BCUT2D eigenvalue weighted by Crippen LogP contribution is 2.32. The molecular formula is C29H29N3O4. The molecule has 7 nitrogen and oxygen atoms in total. The van der Waals surface area contributed by atoms with Gasteiger partial charge in [-0.1, -0.05) is 36.4 Å². The molecule has 1 saturated carbocycles. The quantitative estimate of drug-likeness (QED) is 0.287. The Morgan fingerprint density at radius 3 is 2.69 bits per heavy atom. The van der Waals surface area contributed by atoms with Crippen LogP contribution in [0.4, 0.5) is 5.82 Å². The van der Waals surface area contributed by atoms with Crippen LogP contribution in [0.5, 0.6) is 11.5 Å². The average Bonchev–Trinajstić information content (AvgIpc) is 2.87. The summed E-state index contributed by atoms with van der Waals surface area (Å²) in [6.07, 6.45) is 5.37. The predicted molar refractivity (Wildman–Crippen MR) is 140 cm³/mol. The highest BCUT2D eigenvalue weighted by molar-refractivity contribution is 5.92. The van der Waals surface area contributed by atoms with Crippen LogP contribution < -0.4 is 14.8 Å². The number of carboxylic acid groups (broad SMARTS) is 1. The summed E-state index contributed by atoms with van der Waals surface area (Å²) in [5, 5.41) is 15.3. The van der Waals surface area contributed by atoms with E-state index in [4.69, 9.17) is 9.47 Å². The molecule has 1 aromatic heterocycles. The minimum absolute atomic E-state index is 0.0802. The van der Waals surface area contributed by atoms with E-state index in [2.05, 4.69) is 33.5 Å². The summed E-state index contributed by atoms with van der Waals surface area (Å²) in [5.41, 5.74) is 2.81. The first-order valence-corrected chi connectivity index (χ1v) is 12.4. The first-order chi connectivity index (χ1) is 17.6. The Morgan fingerprint density at radius 2 is 1.92 bits per heavy atom. The summed E-state index contributed by atoms with van der Waals surface area (Å²) < 4.78 is 11.9. The number of ether oxygens (including phenoxy) is 2. The fourth-order valence-electron chi connectivity index (χ4n) is 4.42. The predicted octanol–water partition coefficient (Wildman–Crippen LogP) is 5.98. The van der Waals surface area contributed by atoms with E-state index in [-0.39, 0.29) is 11.7 Å². The number of benzene rings is 3. The minimum atomic E-state index is -0.999. The molecule has 184 valence electrons. The molecule has 0 saturated heterocycles. The summed E-state index contributed by atoms with van der Waals surface area (Å²) in [6.45, 7) is 3.27. The Hall–Kier alpha value is -4.13. The van der Waals surface area contributed by atoms with Crippen LogP contribution in [0.1, 0.15) is 42.1 Å². The third-order valence-electron chi connectivity index (χ3n) is 6.50. The Labute approximate surface area is 210 Å². The van der Waals surface area contributed by atoms with Gasteiger partial charge >= 0.3 is 5.97 Å². The van der Waals surface area contributed by atoms with Gasteiger partial charge in [-0.2, -0.15) is 0 Å². The summed E-state index contributed by atoms with van der Waals surface area (Å²) in [4.78, 5) is 20.5. The lowest BCUT2D eigenvalue weighted by atomic mass is 9.96. The van der Waals surface area contributed by atoms with Gasteiger partial charge in [0.25, 0.3) is 0 Å². The molecular weight excluding hydrogens is 454 g/mol. The van der Waals surface area contributed by atoms with Crippen LogP contribution in [-0.4, -0.2) is 40.3 Å². The van der Waals surface area contributed by atoms with E-state index in [0.717, 1.165) is 37.0 Å². The van der Waals surface area contributed by atoms with Crippen molar-refractivity contribution in [2.24, 2.45) is 0 Å². The lowest BCUT2D eigenvalue weighted by Crippen LogP contribution is -2.25. The molecule has 4 aromatic rings. The smallest absolute Gasteiger partial charge is 0.339 e. The number of carboxylic acids is 1. The summed E-state index contributed by atoms with van der Waals surface area (Å²) in [6, 6.07) is 19.4. The summed E-state index contributed by atoms with van der Waals surface area (Å²) in [7, 11) is 0.